The lowest BCUT2D eigenvalue weighted by molar-refractivity contribution is 1.28. The van der Waals surface area contributed by atoms with Crippen LogP contribution in [0.4, 0.5) is 0 Å². The van der Waals surface area contributed by atoms with Crippen molar-refractivity contribution in [3.8, 4) is 0 Å². The number of nitrogens with one attached hydrogen (secondary N) is 1. The molecule has 0 bridgehead atoms. The minimum atomic E-state index is -0.0249. The second-order valence-corrected chi connectivity index (χ2v) is 2.39. The maximum absolute atomic E-state index is 11.1. The van der Waals surface area contributed by atoms with Crippen molar-refractivity contribution in [1.29, 1.82) is 0 Å². The summed E-state index contributed by atoms with van der Waals surface area (Å²) in [5, 5.41) is 1.73. The van der Waals surface area contributed by atoms with Crippen molar-refractivity contribution in [2.45, 2.75) is 0 Å². The number of benzene rings is 1. The molecule has 1 aromatic carbocycles. The molecular formula is C9H9NO+2. The molecule has 2 heteroatoms. The normalized spacial score (nSPS) is 10.2. The van der Waals surface area contributed by atoms with Gasteiger partial charge in [0, 0.05) is 11.6 Å². The number of aromatic nitrogens is 1. The highest BCUT2D eigenvalue weighted by molar-refractivity contribution is 5.80. The molecule has 0 aliphatic rings. The van der Waals surface area contributed by atoms with E-state index in [9.17, 15) is 4.79 Å². The highest BCUT2D eigenvalue weighted by atomic mass is 16.1. The summed E-state index contributed by atoms with van der Waals surface area (Å²) in [5.74, 6) is 0. The highest BCUT2D eigenvalue weighted by Gasteiger charge is 1.92. The quantitative estimate of drug-likeness (QED) is 0.605. The SMILES string of the molecule is O=c1[nH]ccc2ccccc12.[H+].[H+]. The van der Waals surface area contributed by atoms with E-state index in [0.717, 1.165) is 10.8 Å². The van der Waals surface area contributed by atoms with Crippen molar-refractivity contribution in [3.63, 3.8) is 0 Å². The molecule has 11 heavy (non-hydrogen) atoms. The van der Waals surface area contributed by atoms with Crippen LogP contribution in [-0.4, -0.2) is 4.98 Å². The molecule has 2 rings (SSSR count). The summed E-state index contributed by atoms with van der Waals surface area (Å²) in [7, 11) is 0. The summed E-state index contributed by atoms with van der Waals surface area (Å²) in [6.07, 6.45) is 1.66. The predicted molar refractivity (Wildman–Crippen MR) is 46.8 cm³/mol. The van der Waals surface area contributed by atoms with Gasteiger partial charge < -0.3 is 4.98 Å². The van der Waals surface area contributed by atoms with Gasteiger partial charge in [0.1, 0.15) is 0 Å². The molecule has 0 spiro atoms. The molecule has 0 aliphatic carbocycles. The van der Waals surface area contributed by atoms with Crippen LogP contribution < -0.4 is 5.56 Å². The third kappa shape index (κ3) is 0.923. The van der Waals surface area contributed by atoms with Crippen molar-refractivity contribution in [2.24, 2.45) is 0 Å². The van der Waals surface area contributed by atoms with Gasteiger partial charge in [-0.1, -0.05) is 18.2 Å². The van der Waals surface area contributed by atoms with Gasteiger partial charge in [0.15, 0.2) is 0 Å². The second kappa shape index (κ2) is 2.23. The fourth-order valence-corrected chi connectivity index (χ4v) is 1.13. The van der Waals surface area contributed by atoms with Gasteiger partial charge >= 0.3 is 2.85 Å². The summed E-state index contributed by atoms with van der Waals surface area (Å²) in [5.41, 5.74) is -0.0249. The predicted octanol–water partition coefficient (Wildman–Crippen LogP) is 1.75. The summed E-state index contributed by atoms with van der Waals surface area (Å²) in [6.45, 7) is 0. The van der Waals surface area contributed by atoms with Gasteiger partial charge in [0.25, 0.3) is 5.56 Å². The molecule has 2 aromatic rings. The number of H-pyrrole nitrogens is 1. The van der Waals surface area contributed by atoms with E-state index in [4.69, 9.17) is 0 Å². The van der Waals surface area contributed by atoms with E-state index in [1.54, 1.807) is 6.20 Å². The molecule has 0 amide bonds. The summed E-state index contributed by atoms with van der Waals surface area (Å²) in [6, 6.07) is 9.40. The molecule has 0 saturated carbocycles. The molecule has 1 N–H and O–H groups in total. The molecule has 2 nitrogen and oxygen atoms in total. The Balaban J connectivity index is 0.000000720. The number of rotatable bonds is 0. The maximum Gasteiger partial charge on any atom is 1.00 e. The third-order valence-electron chi connectivity index (χ3n) is 1.68. The summed E-state index contributed by atoms with van der Waals surface area (Å²) >= 11 is 0. The van der Waals surface area contributed by atoms with Gasteiger partial charge in [0.2, 0.25) is 0 Å². The lowest BCUT2D eigenvalue weighted by Crippen LogP contribution is -2.03. The highest BCUT2D eigenvalue weighted by Crippen LogP contribution is 2.05. The molecule has 0 atom stereocenters. The van der Waals surface area contributed by atoms with Crippen molar-refractivity contribution in [3.05, 3.63) is 46.9 Å². The van der Waals surface area contributed by atoms with E-state index in [1.165, 1.54) is 0 Å². The van der Waals surface area contributed by atoms with Gasteiger partial charge in [-0.3, -0.25) is 4.79 Å². The van der Waals surface area contributed by atoms with Crippen molar-refractivity contribution >= 4 is 10.8 Å². The molecule has 0 radical (unpaired) electrons. The van der Waals surface area contributed by atoms with E-state index in [-0.39, 0.29) is 8.41 Å². The Morgan fingerprint density at radius 1 is 1.18 bits per heavy atom. The lowest BCUT2D eigenvalue weighted by Gasteiger charge is -1.92. The van der Waals surface area contributed by atoms with Gasteiger partial charge in [-0.05, 0) is 17.5 Å². The first-order chi connectivity index (χ1) is 5.38. The largest absolute Gasteiger partial charge is 1.00 e. The molecule has 0 aliphatic heterocycles. The standard InChI is InChI=1S/C9H7NO/c11-9-8-4-2-1-3-7(8)5-6-10-9/h1-6H,(H,10,11)/p+2. The smallest absolute Gasteiger partial charge is 0.329 e. The summed E-state index contributed by atoms with van der Waals surface area (Å²) in [4.78, 5) is 13.7. The van der Waals surface area contributed by atoms with Crippen LogP contribution in [0.2, 0.25) is 0 Å². The number of pyridine rings is 1. The first-order valence-electron chi connectivity index (χ1n) is 3.44. The molecule has 1 aromatic heterocycles. The zero-order valence-electron chi connectivity index (χ0n) is 7.87. The monoisotopic (exact) mass is 147 g/mol. The molecular weight excluding hydrogens is 138 g/mol. The summed E-state index contributed by atoms with van der Waals surface area (Å²) < 4.78 is 0. The van der Waals surface area contributed by atoms with Gasteiger partial charge in [-0.15, -0.1) is 0 Å². The van der Waals surface area contributed by atoms with Crippen molar-refractivity contribution in [2.75, 3.05) is 0 Å². The van der Waals surface area contributed by atoms with Gasteiger partial charge in [-0.25, -0.2) is 0 Å². The Labute approximate surface area is 66.5 Å². The molecule has 0 saturated heterocycles. The van der Waals surface area contributed by atoms with E-state index in [0.29, 0.717) is 0 Å². The van der Waals surface area contributed by atoms with Crippen LogP contribution in [0.3, 0.4) is 0 Å². The van der Waals surface area contributed by atoms with Gasteiger partial charge in [0.05, 0.1) is 0 Å². The average Bonchev–Trinajstić information content (AvgIpc) is 2.06. The first kappa shape index (κ1) is 6.16. The van der Waals surface area contributed by atoms with Crippen LogP contribution in [0.5, 0.6) is 0 Å². The minimum absolute atomic E-state index is 0. The van der Waals surface area contributed by atoms with E-state index >= 15 is 0 Å². The Morgan fingerprint density at radius 3 is 2.82 bits per heavy atom. The Morgan fingerprint density at radius 2 is 2.00 bits per heavy atom. The fourth-order valence-electron chi connectivity index (χ4n) is 1.13. The Hall–Kier alpha value is -1.57. The zero-order valence-corrected chi connectivity index (χ0v) is 5.87. The molecule has 0 fully saturated rings. The number of hydrogen-bond donors (Lipinski definition) is 1. The lowest BCUT2D eigenvalue weighted by atomic mass is 10.2. The van der Waals surface area contributed by atoms with Crippen LogP contribution in [0.1, 0.15) is 2.85 Å². The van der Waals surface area contributed by atoms with E-state index in [1.807, 2.05) is 30.3 Å². The maximum atomic E-state index is 11.1. The van der Waals surface area contributed by atoms with Crippen LogP contribution in [0.15, 0.2) is 41.3 Å². The zero-order chi connectivity index (χ0) is 7.68. The number of hydrogen-bond acceptors (Lipinski definition) is 1. The molecule has 0 unspecified atom stereocenters. The molecule has 54 valence electrons. The fraction of sp³-hybridized carbons (Fsp3) is 0. The first-order valence-corrected chi connectivity index (χ1v) is 3.44. The average molecular weight is 147 g/mol. The number of fused-ring (bicyclic) bond motifs is 1. The van der Waals surface area contributed by atoms with Crippen LogP contribution >= 0.6 is 0 Å². The van der Waals surface area contributed by atoms with E-state index in [2.05, 4.69) is 4.98 Å². The second-order valence-electron chi connectivity index (χ2n) is 2.39. The van der Waals surface area contributed by atoms with E-state index < -0.39 is 0 Å². The van der Waals surface area contributed by atoms with Gasteiger partial charge in [-0.2, -0.15) is 0 Å². The van der Waals surface area contributed by atoms with Crippen LogP contribution in [-0.2, 0) is 0 Å². The van der Waals surface area contributed by atoms with Crippen molar-refractivity contribution in [1.82, 2.24) is 4.98 Å². The number of aromatic amines is 1. The van der Waals surface area contributed by atoms with Crippen LogP contribution in [0, 0.1) is 0 Å². The Bertz CT molecular complexity index is 433. The van der Waals surface area contributed by atoms with Crippen molar-refractivity contribution < 1.29 is 2.85 Å². The van der Waals surface area contributed by atoms with Crippen LogP contribution in [0.25, 0.3) is 10.8 Å². The minimum Gasteiger partial charge on any atom is -0.329 e. The topological polar surface area (TPSA) is 32.9 Å². The third-order valence-corrected chi connectivity index (χ3v) is 1.68. The Kier molecular flexibility index (Phi) is 1.25. The molecule has 1 heterocycles.